The van der Waals surface area contributed by atoms with E-state index in [9.17, 15) is 4.79 Å². The molecule has 0 saturated carbocycles. The topological polar surface area (TPSA) is 56.6 Å². The molecule has 4 rings (SSSR count). The molecule has 6 nitrogen and oxygen atoms in total. The summed E-state index contributed by atoms with van der Waals surface area (Å²) in [5.74, 6) is 0.513. The van der Waals surface area contributed by atoms with Gasteiger partial charge in [0.1, 0.15) is 0 Å². The van der Waals surface area contributed by atoms with E-state index < -0.39 is 0 Å². The Kier molecular flexibility index (Phi) is 4.68. The molecule has 0 aliphatic carbocycles. The van der Waals surface area contributed by atoms with Gasteiger partial charge in [-0.15, -0.1) is 0 Å². The lowest BCUT2D eigenvalue weighted by molar-refractivity contribution is 0.0755. The van der Waals surface area contributed by atoms with Crippen molar-refractivity contribution in [2.45, 2.75) is 26.2 Å². The molecule has 26 heavy (non-hydrogen) atoms. The van der Waals surface area contributed by atoms with Gasteiger partial charge in [-0.2, -0.15) is 5.10 Å². The zero-order valence-corrected chi connectivity index (χ0v) is 15.2. The van der Waals surface area contributed by atoms with Crippen LogP contribution in [0.2, 0.25) is 0 Å². The van der Waals surface area contributed by atoms with E-state index in [2.05, 4.69) is 5.10 Å². The van der Waals surface area contributed by atoms with E-state index in [0.29, 0.717) is 18.1 Å². The van der Waals surface area contributed by atoms with Gasteiger partial charge in [0.2, 0.25) is 0 Å². The summed E-state index contributed by atoms with van der Waals surface area (Å²) >= 11 is 0. The summed E-state index contributed by atoms with van der Waals surface area (Å²) in [5, 5.41) is 4.56. The van der Waals surface area contributed by atoms with Crippen molar-refractivity contribution in [2.24, 2.45) is 5.41 Å². The van der Waals surface area contributed by atoms with Crippen molar-refractivity contribution in [2.75, 3.05) is 32.9 Å². The minimum atomic E-state index is -0.0467. The molecule has 0 N–H and O–H groups in total. The summed E-state index contributed by atoms with van der Waals surface area (Å²) in [7, 11) is 0. The number of benzene rings is 1. The van der Waals surface area contributed by atoms with Crippen molar-refractivity contribution in [3.05, 3.63) is 42.2 Å². The quantitative estimate of drug-likeness (QED) is 0.827. The van der Waals surface area contributed by atoms with Gasteiger partial charge in [-0.3, -0.25) is 4.79 Å². The maximum Gasteiger partial charge on any atom is 0.278 e. The molecule has 0 bridgehead atoms. The normalized spacial score (nSPS) is 22.3. The molecular formula is C20H25N3O3. The smallest absolute Gasteiger partial charge is 0.278 e. The fourth-order valence-electron chi connectivity index (χ4n) is 3.77. The first-order valence-electron chi connectivity index (χ1n) is 9.36. The molecule has 1 spiro atoms. The molecule has 1 aromatic heterocycles. The fraction of sp³-hybridized carbons (Fsp3) is 0.500. The molecule has 138 valence electrons. The van der Waals surface area contributed by atoms with E-state index in [1.165, 1.54) is 0 Å². The molecule has 6 heteroatoms. The number of carbonyl (C=O) groups is 1. The Morgan fingerprint density at radius 3 is 2.88 bits per heavy atom. The van der Waals surface area contributed by atoms with Crippen LogP contribution in [0.4, 0.5) is 0 Å². The van der Waals surface area contributed by atoms with Gasteiger partial charge < -0.3 is 14.4 Å². The maximum absolute atomic E-state index is 13.1. The van der Waals surface area contributed by atoms with E-state index in [-0.39, 0.29) is 11.3 Å². The van der Waals surface area contributed by atoms with E-state index in [1.54, 1.807) is 4.68 Å². The summed E-state index contributed by atoms with van der Waals surface area (Å²) in [6.07, 6.45) is 4.73. The highest BCUT2D eigenvalue weighted by Crippen LogP contribution is 2.39. The largest absolute Gasteiger partial charge is 0.489 e. The molecule has 3 heterocycles. The summed E-state index contributed by atoms with van der Waals surface area (Å²) in [6, 6.07) is 9.79. The average Bonchev–Trinajstić information content (AvgIpc) is 3.41. The summed E-state index contributed by atoms with van der Waals surface area (Å²) in [6.45, 7) is 5.68. The first-order valence-corrected chi connectivity index (χ1v) is 9.36. The Labute approximate surface area is 153 Å². The lowest BCUT2D eigenvalue weighted by Crippen LogP contribution is -2.33. The Balaban J connectivity index is 1.59. The number of ether oxygens (including phenoxy) is 2. The third kappa shape index (κ3) is 3.21. The third-order valence-corrected chi connectivity index (χ3v) is 5.28. The van der Waals surface area contributed by atoms with Crippen LogP contribution in [-0.2, 0) is 4.74 Å². The van der Waals surface area contributed by atoms with Crippen molar-refractivity contribution >= 4 is 5.91 Å². The number of nitrogens with zero attached hydrogens (tertiary/aromatic N) is 3. The molecule has 2 saturated heterocycles. The predicted octanol–water partition coefficient (Wildman–Crippen LogP) is 2.91. The van der Waals surface area contributed by atoms with Gasteiger partial charge in [0.15, 0.2) is 11.4 Å². The number of amides is 1. The molecule has 2 aromatic rings. The Morgan fingerprint density at radius 2 is 2.15 bits per heavy atom. The van der Waals surface area contributed by atoms with Gasteiger partial charge in [-0.05, 0) is 31.4 Å². The van der Waals surface area contributed by atoms with Crippen molar-refractivity contribution in [3.63, 3.8) is 0 Å². The second kappa shape index (κ2) is 7.11. The minimum absolute atomic E-state index is 0.0467. The molecule has 1 unspecified atom stereocenters. The van der Waals surface area contributed by atoms with Crippen LogP contribution < -0.4 is 4.74 Å². The zero-order chi connectivity index (χ0) is 18.0. The lowest BCUT2D eigenvalue weighted by Gasteiger charge is -2.21. The number of aromatic nitrogens is 2. The first-order chi connectivity index (χ1) is 12.7. The SMILES string of the molecule is CCCOc1cn(-c2ccccc2)nc1C(=O)N1CCC2(CCOC2)C1. The van der Waals surface area contributed by atoms with Crippen LogP contribution in [0, 0.1) is 5.41 Å². The van der Waals surface area contributed by atoms with Crippen LogP contribution in [0.1, 0.15) is 36.7 Å². The number of hydrogen-bond acceptors (Lipinski definition) is 4. The molecule has 0 radical (unpaired) electrons. The lowest BCUT2D eigenvalue weighted by atomic mass is 9.87. The molecule has 2 aliphatic rings. The summed E-state index contributed by atoms with van der Waals surface area (Å²) < 4.78 is 13.1. The van der Waals surface area contributed by atoms with Gasteiger partial charge in [0, 0.05) is 25.1 Å². The molecule has 2 fully saturated rings. The monoisotopic (exact) mass is 355 g/mol. The molecule has 1 aromatic carbocycles. The highest BCUT2D eigenvalue weighted by atomic mass is 16.5. The Morgan fingerprint density at radius 1 is 1.31 bits per heavy atom. The number of carbonyl (C=O) groups excluding carboxylic acids is 1. The Hall–Kier alpha value is -2.34. The summed E-state index contributed by atoms with van der Waals surface area (Å²) in [4.78, 5) is 15.1. The van der Waals surface area contributed by atoms with Crippen LogP contribution in [0.5, 0.6) is 5.75 Å². The average molecular weight is 355 g/mol. The van der Waals surface area contributed by atoms with Crippen LogP contribution in [0.15, 0.2) is 36.5 Å². The molecular weight excluding hydrogens is 330 g/mol. The van der Waals surface area contributed by atoms with Gasteiger partial charge in [-0.25, -0.2) is 4.68 Å². The fourth-order valence-corrected chi connectivity index (χ4v) is 3.77. The van der Waals surface area contributed by atoms with E-state index in [1.807, 2.05) is 48.4 Å². The molecule has 2 aliphatic heterocycles. The number of para-hydroxylation sites is 1. The zero-order valence-electron chi connectivity index (χ0n) is 15.2. The number of rotatable bonds is 5. The molecule has 1 atom stereocenters. The van der Waals surface area contributed by atoms with Crippen LogP contribution in [-0.4, -0.2) is 53.5 Å². The Bertz CT molecular complexity index is 766. The van der Waals surface area contributed by atoms with E-state index in [4.69, 9.17) is 9.47 Å². The molecule has 1 amide bonds. The second-order valence-electron chi connectivity index (χ2n) is 7.25. The standard InChI is InChI=1S/C20H25N3O3/c1-2-11-26-17-13-23(16-6-4-3-5-7-16)21-18(17)19(24)22-10-8-20(14-22)9-12-25-15-20/h3-7,13H,2,8-12,14-15H2,1H3. The minimum Gasteiger partial charge on any atom is -0.489 e. The maximum atomic E-state index is 13.1. The van der Waals surface area contributed by atoms with Crippen molar-refractivity contribution < 1.29 is 14.3 Å². The van der Waals surface area contributed by atoms with E-state index >= 15 is 0 Å². The van der Waals surface area contributed by atoms with Crippen molar-refractivity contribution in [3.8, 4) is 11.4 Å². The van der Waals surface area contributed by atoms with Crippen LogP contribution in [0.25, 0.3) is 5.69 Å². The number of hydrogen-bond donors (Lipinski definition) is 0. The van der Waals surface area contributed by atoms with Crippen LogP contribution in [0.3, 0.4) is 0 Å². The summed E-state index contributed by atoms with van der Waals surface area (Å²) in [5.41, 5.74) is 1.45. The predicted molar refractivity (Wildman–Crippen MR) is 97.7 cm³/mol. The van der Waals surface area contributed by atoms with Gasteiger partial charge in [0.25, 0.3) is 5.91 Å². The number of likely N-dealkylation sites (tertiary alicyclic amines) is 1. The van der Waals surface area contributed by atoms with E-state index in [0.717, 1.165) is 51.3 Å². The van der Waals surface area contributed by atoms with Gasteiger partial charge in [-0.1, -0.05) is 25.1 Å². The van der Waals surface area contributed by atoms with Crippen molar-refractivity contribution in [1.29, 1.82) is 0 Å². The third-order valence-electron chi connectivity index (χ3n) is 5.28. The first kappa shape index (κ1) is 17.1. The van der Waals surface area contributed by atoms with Crippen LogP contribution >= 0.6 is 0 Å². The van der Waals surface area contributed by atoms with Gasteiger partial charge >= 0.3 is 0 Å². The highest BCUT2D eigenvalue weighted by Gasteiger charge is 2.43. The van der Waals surface area contributed by atoms with Gasteiger partial charge in [0.05, 0.1) is 25.1 Å². The highest BCUT2D eigenvalue weighted by molar-refractivity contribution is 5.95. The second-order valence-corrected chi connectivity index (χ2v) is 7.25. The van der Waals surface area contributed by atoms with Crippen molar-refractivity contribution in [1.82, 2.24) is 14.7 Å².